The molecule has 0 spiro atoms. The fourth-order valence-electron chi connectivity index (χ4n) is 5.50. The van der Waals surface area contributed by atoms with E-state index in [1.807, 2.05) is 95.7 Å². The van der Waals surface area contributed by atoms with Crippen LogP contribution in [0.3, 0.4) is 0 Å². The van der Waals surface area contributed by atoms with Crippen molar-refractivity contribution in [3.05, 3.63) is 143 Å². The Labute approximate surface area is 269 Å². The van der Waals surface area contributed by atoms with Crippen LogP contribution in [0.4, 0.5) is 0 Å². The molecular weight excluding hydrogens is 578 g/mol. The van der Waals surface area contributed by atoms with Gasteiger partial charge in [0, 0.05) is 36.3 Å². The third kappa shape index (κ3) is 8.15. The molecule has 2 unspecified atom stereocenters. The number of aromatic nitrogens is 2. The number of benzene rings is 3. The first-order chi connectivity index (χ1) is 22.4. The van der Waals surface area contributed by atoms with Gasteiger partial charge in [-0.3, -0.25) is 9.79 Å². The van der Waals surface area contributed by atoms with E-state index in [0.717, 1.165) is 28.8 Å². The Balaban J connectivity index is 1.29. The zero-order valence-corrected chi connectivity index (χ0v) is 26.2. The normalized spacial score (nSPS) is 16.5. The maximum absolute atomic E-state index is 13.6. The predicted octanol–water partition coefficient (Wildman–Crippen LogP) is 6.90. The van der Waals surface area contributed by atoms with Gasteiger partial charge in [-0.2, -0.15) is 0 Å². The lowest BCUT2D eigenvalue weighted by molar-refractivity contribution is -0.143. The molecule has 5 rings (SSSR count). The summed E-state index contributed by atoms with van der Waals surface area (Å²) in [5.74, 6) is -1.85. The Morgan fingerprint density at radius 3 is 2.35 bits per heavy atom. The van der Waals surface area contributed by atoms with Gasteiger partial charge in [0.25, 0.3) is 0 Å². The number of carbonyl (C=O) groups excluding carboxylic acids is 2. The third-order valence-electron chi connectivity index (χ3n) is 7.70. The monoisotopic (exact) mass is 615 g/mol. The van der Waals surface area contributed by atoms with Crippen molar-refractivity contribution in [2.45, 2.75) is 26.3 Å². The minimum Gasteiger partial charge on any atom is -0.490 e. The number of aliphatic imine (C=N–C) groups is 1. The van der Waals surface area contributed by atoms with Crippen molar-refractivity contribution in [2.75, 3.05) is 20.3 Å². The Morgan fingerprint density at radius 2 is 1.63 bits per heavy atom. The number of esters is 2. The molecular formula is C38H37N3O5. The molecule has 8 heteroatoms. The molecule has 2 atom stereocenters. The molecule has 0 amide bonds. The van der Waals surface area contributed by atoms with Crippen LogP contribution >= 0.6 is 0 Å². The number of ether oxygens (including phenoxy) is 3. The van der Waals surface area contributed by atoms with Crippen molar-refractivity contribution >= 4 is 29.8 Å². The van der Waals surface area contributed by atoms with E-state index in [9.17, 15) is 9.59 Å². The summed E-state index contributed by atoms with van der Waals surface area (Å²) < 4.78 is 18.9. The average Bonchev–Trinajstić information content (AvgIpc) is 3.59. The summed E-state index contributed by atoms with van der Waals surface area (Å²) in [6, 6.07) is 25.5. The van der Waals surface area contributed by atoms with Gasteiger partial charge in [0.1, 0.15) is 24.9 Å². The number of nitrogens with zero attached hydrogens (tertiary/aromatic N) is 3. The highest BCUT2D eigenvalue weighted by Crippen LogP contribution is 2.41. The summed E-state index contributed by atoms with van der Waals surface area (Å²) in [4.78, 5) is 35.3. The van der Waals surface area contributed by atoms with Gasteiger partial charge in [-0.1, -0.05) is 78.9 Å². The number of methoxy groups -OCH3 is 1. The Hall–Kier alpha value is -5.50. The summed E-state index contributed by atoms with van der Waals surface area (Å²) in [7, 11) is 1.34. The molecule has 8 nitrogen and oxygen atoms in total. The van der Waals surface area contributed by atoms with Crippen molar-refractivity contribution in [1.29, 1.82) is 0 Å². The maximum Gasteiger partial charge on any atom is 0.336 e. The van der Waals surface area contributed by atoms with Crippen LogP contribution in [0, 0.1) is 5.92 Å². The Bertz CT molecular complexity index is 1750. The van der Waals surface area contributed by atoms with Crippen LogP contribution in [-0.4, -0.2) is 47.5 Å². The quantitative estimate of drug-likeness (QED) is 0.161. The SMILES string of the molecule is COC(=O)C1C(C)=NC(C)=C(C(=O)OCC=Cc2ccc(Cn3ccnc3)cc2)C1c1cccc(OCC=Cc2ccccc2)c1. The van der Waals surface area contributed by atoms with Crippen molar-refractivity contribution in [1.82, 2.24) is 9.55 Å². The van der Waals surface area contributed by atoms with Crippen LogP contribution < -0.4 is 4.74 Å². The fourth-order valence-corrected chi connectivity index (χ4v) is 5.50. The first-order valence-corrected chi connectivity index (χ1v) is 15.1. The summed E-state index contributed by atoms with van der Waals surface area (Å²) in [6.45, 7) is 4.69. The highest BCUT2D eigenvalue weighted by Gasteiger charge is 2.42. The zero-order chi connectivity index (χ0) is 32.3. The first-order valence-electron chi connectivity index (χ1n) is 15.1. The fraction of sp³-hybridized carbons (Fsp3) is 0.211. The van der Waals surface area contributed by atoms with Crippen LogP contribution in [0.2, 0.25) is 0 Å². The third-order valence-corrected chi connectivity index (χ3v) is 7.70. The van der Waals surface area contributed by atoms with Gasteiger partial charge in [0.15, 0.2) is 0 Å². The number of carbonyl (C=O) groups is 2. The smallest absolute Gasteiger partial charge is 0.336 e. The highest BCUT2D eigenvalue weighted by molar-refractivity contribution is 6.07. The molecule has 0 bridgehead atoms. The Morgan fingerprint density at radius 1 is 0.891 bits per heavy atom. The van der Waals surface area contributed by atoms with Gasteiger partial charge >= 0.3 is 11.9 Å². The van der Waals surface area contributed by atoms with Gasteiger partial charge in [-0.05, 0) is 60.4 Å². The molecule has 0 saturated carbocycles. The molecule has 0 N–H and O–H groups in total. The van der Waals surface area contributed by atoms with Crippen molar-refractivity contribution in [3.63, 3.8) is 0 Å². The van der Waals surface area contributed by atoms with Crippen LogP contribution in [-0.2, 0) is 25.6 Å². The number of hydrogen-bond acceptors (Lipinski definition) is 7. The minimum absolute atomic E-state index is 0.0572. The standard InChI is InChI=1S/C38H37N3O5/c1-27-34(37(42)44-3)36(32-14-7-15-33(24-32)45-22-8-12-29-10-5-4-6-11-29)35(28(2)40-27)38(43)46-23-9-13-30-16-18-31(19-17-30)25-41-21-20-39-26-41/h4-21,24,26,34,36H,22-23,25H2,1-3H3. The van der Waals surface area contributed by atoms with E-state index in [2.05, 4.69) is 22.1 Å². The summed E-state index contributed by atoms with van der Waals surface area (Å²) in [5, 5.41) is 0. The van der Waals surface area contributed by atoms with Crippen LogP contribution in [0.25, 0.3) is 12.2 Å². The van der Waals surface area contributed by atoms with Gasteiger partial charge < -0.3 is 18.8 Å². The van der Waals surface area contributed by atoms with E-state index in [0.29, 0.717) is 29.3 Å². The lowest BCUT2D eigenvalue weighted by Crippen LogP contribution is -2.36. The summed E-state index contributed by atoms with van der Waals surface area (Å²) in [6.07, 6.45) is 13.1. The molecule has 234 valence electrons. The minimum atomic E-state index is -0.791. The average molecular weight is 616 g/mol. The second-order valence-electron chi connectivity index (χ2n) is 10.9. The van der Waals surface area contributed by atoms with E-state index >= 15 is 0 Å². The van der Waals surface area contributed by atoms with Crippen LogP contribution in [0.15, 0.2) is 126 Å². The molecule has 4 aromatic rings. The second kappa shape index (κ2) is 15.5. The van der Waals surface area contributed by atoms with Gasteiger partial charge in [0.05, 0.1) is 19.0 Å². The van der Waals surface area contributed by atoms with Gasteiger partial charge in [-0.25, -0.2) is 9.78 Å². The highest BCUT2D eigenvalue weighted by atomic mass is 16.5. The zero-order valence-electron chi connectivity index (χ0n) is 26.2. The molecule has 0 radical (unpaired) electrons. The number of rotatable bonds is 12. The van der Waals surface area contributed by atoms with E-state index in [1.54, 1.807) is 32.4 Å². The lowest BCUT2D eigenvalue weighted by atomic mass is 9.75. The molecule has 46 heavy (non-hydrogen) atoms. The van der Waals surface area contributed by atoms with Crippen molar-refractivity contribution in [3.8, 4) is 5.75 Å². The van der Waals surface area contributed by atoms with E-state index in [4.69, 9.17) is 14.2 Å². The number of imidazole rings is 1. The van der Waals surface area contributed by atoms with Crippen LogP contribution in [0.1, 0.15) is 42.0 Å². The number of hydrogen-bond donors (Lipinski definition) is 0. The van der Waals surface area contributed by atoms with E-state index in [-0.39, 0.29) is 6.61 Å². The molecule has 1 aromatic heterocycles. The molecule has 0 saturated heterocycles. The van der Waals surface area contributed by atoms with Crippen LogP contribution in [0.5, 0.6) is 5.75 Å². The largest absolute Gasteiger partial charge is 0.490 e. The summed E-state index contributed by atoms with van der Waals surface area (Å²) >= 11 is 0. The second-order valence-corrected chi connectivity index (χ2v) is 10.9. The van der Waals surface area contributed by atoms with Gasteiger partial charge in [-0.15, -0.1) is 0 Å². The van der Waals surface area contributed by atoms with Gasteiger partial charge in [0.2, 0.25) is 0 Å². The van der Waals surface area contributed by atoms with E-state index < -0.39 is 23.8 Å². The predicted molar refractivity (Wildman–Crippen MR) is 179 cm³/mol. The molecule has 0 aliphatic carbocycles. The van der Waals surface area contributed by atoms with Crippen molar-refractivity contribution in [2.24, 2.45) is 10.9 Å². The lowest BCUT2D eigenvalue weighted by Gasteiger charge is -2.31. The summed E-state index contributed by atoms with van der Waals surface area (Å²) in [5.41, 5.74) is 5.34. The van der Waals surface area contributed by atoms with E-state index in [1.165, 1.54) is 7.11 Å². The molecule has 2 heterocycles. The molecule has 1 aliphatic rings. The molecule has 0 fully saturated rings. The molecule has 1 aliphatic heterocycles. The maximum atomic E-state index is 13.6. The number of allylic oxidation sites excluding steroid dienone is 1. The Kier molecular flexibility index (Phi) is 10.7. The first kappa shape index (κ1) is 31.9. The van der Waals surface area contributed by atoms with Crippen molar-refractivity contribution < 1.29 is 23.8 Å². The topological polar surface area (TPSA) is 92.0 Å². The molecule has 3 aromatic carbocycles.